The van der Waals surface area contributed by atoms with Crippen LogP contribution in [0, 0.1) is 0 Å². The summed E-state index contributed by atoms with van der Waals surface area (Å²) in [5.74, 6) is 0. The van der Waals surface area contributed by atoms with E-state index in [-0.39, 0.29) is 0 Å². The van der Waals surface area contributed by atoms with Gasteiger partial charge in [-0.3, -0.25) is 18.9 Å². The van der Waals surface area contributed by atoms with Crippen LogP contribution in [0.5, 0.6) is 0 Å². The SMILES string of the molecule is CCCCCCCCCCCCOC1C(O[PH](=O)O)[C@@H](CO)O[C@H]1n1ccc(=O)[nH]c1=O. The van der Waals surface area contributed by atoms with Crippen molar-refractivity contribution in [2.24, 2.45) is 0 Å². The number of hydrogen-bond donors (Lipinski definition) is 3. The smallest absolute Gasteiger partial charge is 0.330 e. The van der Waals surface area contributed by atoms with Crippen LogP contribution in [0.3, 0.4) is 0 Å². The molecule has 10 nitrogen and oxygen atoms in total. The Labute approximate surface area is 188 Å². The van der Waals surface area contributed by atoms with Crippen molar-refractivity contribution in [3.63, 3.8) is 0 Å². The van der Waals surface area contributed by atoms with E-state index in [0.29, 0.717) is 6.61 Å². The molecule has 1 aromatic rings. The monoisotopic (exact) mass is 476 g/mol. The summed E-state index contributed by atoms with van der Waals surface area (Å²) in [5, 5.41) is 9.63. The van der Waals surface area contributed by atoms with Crippen LogP contribution in [-0.4, -0.2) is 51.1 Å². The van der Waals surface area contributed by atoms with Crippen molar-refractivity contribution in [3.05, 3.63) is 33.1 Å². The second kappa shape index (κ2) is 14.8. The van der Waals surface area contributed by atoms with Gasteiger partial charge in [0.1, 0.15) is 18.3 Å². The van der Waals surface area contributed by atoms with Gasteiger partial charge in [0.15, 0.2) is 6.23 Å². The Morgan fingerprint density at radius 1 is 1.06 bits per heavy atom. The van der Waals surface area contributed by atoms with E-state index >= 15 is 0 Å². The minimum Gasteiger partial charge on any atom is -0.394 e. The molecule has 2 heterocycles. The van der Waals surface area contributed by atoms with Gasteiger partial charge >= 0.3 is 13.9 Å². The first-order valence-corrected chi connectivity index (χ1v) is 12.8. The van der Waals surface area contributed by atoms with Crippen LogP contribution in [0.4, 0.5) is 0 Å². The number of H-pyrrole nitrogens is 1. The highest BCUT2D eigenvalue weighted by molar-refractivity contribution is 7.32. The molecular formula is C21H37N2O8P. The lowest BCUT2D eigenvalue weighted by Gasteiger charge is -2.24. The fourth-order valence-electron chi connectivity index (χ4n) is 3.95. The molecule has 0 radical (unpaired) electrons. The van der Waals surface area contributed by atoms with Gasteiger partial charge < -0.3 is 24.0 Å². The van der Waals surface area contributed by atoms with E-state index in [1.807, 2.05) is 0 Å². The summed E-state index contributed by atoms with van der Waals surface area (Å²) in [6.07, 6.45) is 9.11. The third-order valence-electron chi connectivity index (χ3n) is 5.64. The summed E-state index contributed by atoms with van der Waals surface area (Å²) >= 11 is 0. The molecule has 0 aliphatic carbocycles. The maximum absolute atomic E-state index is 12.2. The molecule has 0 aromatic carbocycles. The minimum absolute atomic E-state index is 0.351. The Morgan fingerprint density at radius 2 is 1.69 bits per heavy atom. The Balaban J connectivity index is 1.88. The number of aliphatic hydroxyl groups is 1. The van der Waals surface area contributed by atoms with Gasteiger partial charge in [-0.1, -0.05) is 64.7 Å². The van der Waals surface area contributed by atoms with Crippen molar-refractivity contribution in [2.75, 3.05) is 13.2 Å². The largest absolute Gasteiger partial charge is 0.394 e. The molecule has 184 valence electrons. The summed E-state index contributed by atoms with van der Waals surface area (Å²) < 4.78 is 29.2. The van der Waals surface area contributed by atoms with Gasteiger partial charge in [-0.05, 0) is 6.42 Å². The second-order valence-corrected chi connectivity index (χ2v) is 8.90. The Morgan fingerprint density at radius 3 is 2.25 bits per heavy atom. The van der Waals surface area contributed by atoms with Crippen LogP contribution < -0.4 is 11.2 Å². The average Bonchev–Trinajstić information content (AvgIpc) is 3.08. The fraction of sp³-hybridized carbons (Fsp3) is 0.810. The van der Waals surface area contributed by atoms with E-state index in [1.165, 1.54) is 57.2 Å². The predicted molar refractivity (Wildman–Crippen MR) is 120 cm³/mol. The number of nitrogens with one attached hydrogen (secondary N) is 1. The number of aromatic amines is 1. The zero-order valence-corrected chi connectivity index (χ0v) is 19.7. The number of unbranched alkanes of at least 4 members (excludes halogenated alkanes) is 9. The van der Waals surface area contributed by atoms with Crippen LogP contribution >= 0.6 is 8.25 Å². The van der Waals surface area contributed by atoms with Crippen LogP contribution in [0.2, 0.25) is 0 Å². The molecule has 32 heavy (non-hydrogen) atoms. The first-order chi connectivity index (χ1) is 15.5. The van der Waals surface area contributed by atoms with Gasteiger partial charge in [0.25, 0.3) is 5.56 Å². The number of aromatic nitrogens is 2. The zero-order chi connectivity index (χ0) is 23.3. The number of hydrogen-bond acceptors (Lipinski definition) is 7. The fourth-order valence-corrected chi connectivity index (χ4v) is 4.47. The topological polar surface area (TPSA) is 140 Å². The molecule has 1 aromatic heterocycles. The molecule has 1 aliphatic rings. The molecule has 0 bridgehead atoms. The summed E-state index contributed by atoms with van der Waals surface area (Å²) in [7, 11) is -3.33. The molecular weight excluding hydrogens is 439 g/mol. The molecule has 3 N–H and O–H groups in total. The van der Waals surface area contributed by atoms with Crippen LogP contribution in [0.25, 0.3) is 0 Å². The summed E-state index contributed by atoms with van der Waals surface area (Å²) in [4.78, 5) is 35.0. The van der Waals surface area contributed by atoms with E-state index in [9.17, 15) is 24.2 Å². The van der Waals surface area contributed by atoms with E-state index in [0.717, 1.165) is 23.8 Å². The van der Waals surface area contributed by atoms with Crippen LogP contribution in [-0.2, 0) is 18.6 Å². The minimum atomic E-state index is -3.33. The number of ether oxygens (including phenoxy) is 2. The van der Waals surface area contributed by atoms with Crippen molar-refractivity contribution < 1.29 is 28.6 Å². The maximum Gasteiger partial charge on any atom is 0.330 e. The third-order valence-corrected chi connectivity index (χ3v) is 6.11. The molecule has 2 rings (SSSR count). The van der Waals surface area contributed by atoms with Crippen molar-refractivity contribution >= 4 is 8.25 Å². The predicted octanol–water partition coefficient (Wildman–Crippen LogP) is 2.50. The highest BCUT2D eigenvalue weighted by Crippen LogP contribution is 2.37. The Kier molecular flexibility index (Phi) is 12.4. The zero-order valence-electron chi connectivity index (χ0n) is 18.7. The van der Waals surface area contributed by atoms with Gasteiger partial charge in [0.2, 0.25) is 0 Å². The van der Waals surface area contributed by atoms with Crippen molar-refractivity contribution in [1.29, 1.82) is 0 Å². The molecule has 1 fully saturated rings. The van der Waals surface area contributed by atoms with Gasteiger partial charge in [-0.25, -0.2) is 4.79 Å². The molecule has 0 amide bonds. The van der Waals surface area contributed by atoms with Crippen LogP contribution in [0.15, 0.2) is 21.9 Å². The van der Waals surface area contributed by atoms with Crippen molar-refractivity contribution in [1.82, 2.24) is 9.55 Å². The first kappa shape index (κ1) is 27.0. The lowest BCUT2D eigenvalue weighted by Crippen LogP contribution is -2.40. The first-order valence-electron chi connectivity index (χ1n) is 11.6. The lowest BCUT2D eigenvalue weighted by atomic mass is 10.1. The highest BCUT2D eigenvalue weighted by Gasteiger charge is 2.48. The molecule has 1 aliphatic heterocycles. The third kappa shape index (κ3) is 8.57. The van der Waals surface area contributed by atoms with Crippen LogP contribution in [0.1, 0.15) is 77.4 Å². The van der Waals surface area contributed by atoms with E-state index in [2.05, 4.69) is 11.9 Å². The number of rotatable bonds is 16. The number of nitrogens with zero attached hydrogens (tertiary/aromatic N) is 1. The van der Waals surface area contributed by atoms with E-state index < -0.39 is 50.7 Å². The lowest BCUT2D eigenvalue weighted by molar-refractivity contribution is -0.0744. The Bertz CT molecular complexity index is 798. The van der Waals surface area contributed by atoms with E-state index in [1.54, 1.807) is 0 Å². The van der Waals surface area contributed by atoms with Gasteiger partial charge in [0, 0.05) is 18.9 Å². The normalized spacial score (nSPS) is 24.1. The summed E-state index contributed by atoms with van der Waals surface area (Å²) in [5.41, 5.74) is -1.26. The standard InChI is InChI=1S/C21H37N2O8P/c1-2-3-4-5-6-7-8-9-10-11-14-29-19-18(31-32(27)28)16(15-24)30-20(19)23-13-12-17(25)22-21(23)26/h12-13,16,18-20,24,32H,2-11,14-15H2,1H3,(H,27,28)(H,22,25,26)/t16-,18?,19?,20-/m1/s1. The number of aliphatic hydroxyl groups excluding tert-OH is 1. The molecule has 0 saturated carbocycles. The molecule has 0 spiro atoms. The molecule has 11 heteroatoms. The molecule has 5 atom stereocenters. The Hall–Kier alpha value is -1.29. The second-order valence-electron chi connectivity index (χ2n) is 8.13. The molecule has 1 saturated heterocycles. The van der Waals surface area contributed by atoms with E-state index in [4.69, 9.17) is 14.0 Å². The van der Waals surface area contributed by atoms with Gasteiger partial charge in [-0.15, -0.1) is 0 Å². The summed E-state index contributed by atoms with van der Waals surface area (Å²) in [6.45, 7) is 2.08. The van der Waals surface area contributed by atoms with Crippen molar-refractivity contribution in [3.8, 4) is 0 Å². The average molecular weight is 477 g/mol. The van der Waals surface area contributed by atoms with Crippen molar-refractivity contribution in [2.45, 2.75) is 95.7 Å². The quantitative estimate of drug-likeness (QED) is 0.244. The van der Waals surface area contributed by atoms with Gasteiger partial charge in [0.05, 0.1) is 6.61 Å². The molecule has 3 unspecified atom stereocenters. The maximum atomic E-state index is 12.2. The highest BCUT2D eigenvalue weighted by atomic mass is 31.1. The van der Waals surface area contributed by atoms with Gasteiger partial charge in [-0.2, -0.15) is 0 Å². The summed E-state index contributed by atoms with van der Waals surface area (Å²) in [6, 6.07) is 1.17.